The van der Waals surface area contributed by atoms with Gasteiger partial charge in [0.15, 0.2) is 0 Å². The Morgan fingerprint density at radius 1 is 0.474 bits per heavy atom. The summed E-state index contributed by atoms with van der Waals surface area (Å²) in [5, 5.41) is 0. The van der Waals surface area contributed by atoms with Crippen molar-refractivity contribution in [2.24, 2.45) is 0 Å². The first-order chi connectivity index (χ1) is 15.1. The zero-order chi connectivity index (χ0) is 31.5. The monoisotopic (exact) mass is 832 g/mol. The van der Waals surface area contributed by atoms with Gasteiger partial charge in [-0.15, -0.1) is 0 Å². The normalized spacial score (nSPS) is 18.1. The molecule has 0 aliphatic carbocycles. The molecule has 0 fully saturated rings. The smallest absolute Gasteiger partial charge is 3.00 e. The van der Waals surface area contributed by atoms with E-state index in [-0.39, 0.29) is 49.4 Å². The standard InChI is InChI=1S/C15H33P.Eu.3F6P/c1-5-9-13-16(12-8-4,14-10-6-2)15-11-7-3;;3*1-7(2,3,4,5)6/h8,16H,4-7,9-15H2,1-3H3;;;;/q;+3;3*-1. The molecule has 0 atom stereocenters. The van der Waals surface area contributed by atoms with E-state index in [9.17, 15) is 75.5 Å². The molecule has 0 nitrogen and oxygen atoms in total. The summed E-state index contributed by atoms with van der Waals surface area (Å²) in [6, 6.07) is 0. The van der Waals surface area contributed by atoms with E-state index in [1.54, 1.807) is 18.5 Å². The van der Waals surface area contributed by atoms with Crippen LogP contribution in [0, 0.1) is 49.4 Å². The second-order valence-electron chi connectivity index (χ2n) is 8.18. The van der Waals surface area contributed by atoms with Crippen molar-refractivity contribution in [1.29, 1.82) is 0 Å². The Bertz CT molecular complexity index is 553. The minimum absolute atomic E-state index is 0. The van der Waals surface area contributed by atoms with E-state index in [1.165, 1.54) is 44.7 Å². The molecule has 0 N–H and O–H groups in total. The van der Waals surface area contributed by atoms with Crippen LogP contribution in [-0.2, 0) is 0 Å². The first-order valence-corrected chi connectivity index (χ1v) is 19.3. The van der Waals surface area contributed by atoms with Gasteiger partial charge < -0.3 is 0 Å². The third-order valence-electron chi connectivity index (χ3n) is 3.76. The molecule has 0 aliphatic rings. The second kappa shape index (κ2) is 13.6. The van der Waals surface area contributed by atoms with E-state index in [0.29, 0.717) is 0 Å². The quantitative estimate of drug-likeness (QED) is 0.111. The van der Waals surface area contributed by atoms with Gasteiger partial charge in [-0.2, -0.15) is 0 Å². The van der Waals surface area contributed by atoms with Crippen molar-refractivity contribution in [3.8, 4) is 0 Å². The largest absolute Gasteiger partial charge is 3.00 e. The predicted molar refractivity (Wildman–Crippen MR) is 123 cm³/mol. The van der Waals surface area contributed by atoms with E-state index in [0.717, 1.165) is 0 Å². The van der Waals surface area contributed by atoms with Gasteiger partial charge in [-0.3, -0.25) is 0 Å². The molecule has 0 radical (unpaired) electrons. The van der Waals surface area contributed by atoms with Gasteiger partial charge in [0.1, 0.15) is 0 Å². The van der Waals surface area contributed by atoms with Crippen LogP contribution in [0.4, 0.5) is 75.5 Å². The molecule has 0 saturated heterocycles. The van der Waals surface area contributed by atoms with Crippen LogP contribution in [0.25, 0.3) is 0 Å². The van der Waals surface area contributed by atoms with Crippen LogP contribution in [0.1, 0.15) is 59.3 Å². The number of halogens is 18. The molecule has 0 aromatic heterocycles. The minimum Gasteiger partial charge on any atom is 3.00 e. The van der Waals surface area contributed by atoms with Crippen LogP contribution in [0.5, 0.6) is 0 Å². The summed E-state index contributed by atoms with van der Waals surface area (Å²) >= 11 is 0. The second-order valence-corrected chi connectivity index (χ2v) is 18.8. The average Bonchev–Trinajstić information content (AvgIpc) is 2.47. The van der Waals surface area contributed by atoms with Crippen LogP contribution in [0.3, 0.4) is 0 Å². The molecule has 0 aromatic rings. The van der Waals surface area contributed by atoms with Gasteiger partial charge in [0, 0.05) is 0 Å². The van der Waals surface area contributed by atoms with Gasteiger partial charge in [-0.25, -0.2) is 0 Å². The maximum atomic E-state index is 9.87. The maximum absolute atomic E-state index is 10.7. The summed E-state index contributed by atoms with van der Waals surface area (Å²) in [6.07, 6.45) is 16.7. The van der Waals surface area contributed by atoms with E-state index < -0.39 is 30.7 Å². The Balaban J connectivity index is -0.000000139. The molecule has 0 heterocycles. The van der Waals surface area contributed by atoms with Crippen molar-refractivity contribution >= 4 is 30.7 Å². The topological polar surface area (TPSA) is 0 Å². The first-order valence-electron chi connectivity index (χ1n) is 10.4. The fraction of sp³-hybridized carbons (Fsp3) is 0.867. The van der Waals surface area contributed by atoms with Crippen molar-refractivity contribution in [3.05, 3.63) is 12.7 Å². The van der Waals surface area contributed by atoms with Crippen molar-refractivity contribution in [3.63, 3.8) is 0 Å². The van der Waals surface area contributed by atoms with Gasteiger partial charge in [0.05, 0.1) is 0 Å². The third-order valence-corrected chi connectivity index (χ3v) is 9.16. The van der Waals surface area contributed by atoms with Gasteiger partial charge >= 0.3 is 252 Å². The van der Waals surface area contributed by atoms with Gasteiger partial charge in [-0.1, -0.05) is 0 Å². The molecule has 0 unspecified atom stereocenters. The summed E-state index contributed by atoms with van der Waals surface area (Å²) in [4.78, 5) is 0. The molecule has 0 aromatic carbocycles. The summed E-state index contributed by atoms with van der Waals surface area (Å²) in [7, 11) is -32.9. The molecular formula is C15H33EuF18P4. The molecule has 246 valence electrons. The fourth-order valence-corrected chi connectivity index (χ4v) is 7.93. The van der Waals surface area contributed by atoms with Gasteiger partial charge in [0.25, 0.3) is 0 Å². The van der Waals surface area contributed by atoms with Crippen LogP contribution in [0.2, 0.25) is 0 Å². The van der Waals surface area contributed by atoms with E-state index in [2.05, 4.69) is 33.4 Å². The van der Waals surface area contributed by atoms with Crippen LogP contribution < -0.4 is 0 Å². The summed E-state index contributed by atoms with van der Waals surface area (Å²) in [5.74, 6) is 0. The third kappa shape index (κ3) is 118. The number of allylic oxidation sites excluding steroid dienone is 1. The van der Waals surface area contributed by atoms with Crippen molar-refractivity contribution in [1.82, 2.24) is 0 Å². The molecular weight excluding hydrogens is 798 g/mol. The molecule has 23 heteroatoms. The summed E-state index contributed by atoms with van der Waals surface area (Å²) < 4.78 is 178. The molecule has 38 heavy (non-hydrogen) atoms. The Hall–Kier alpha value is 1.78. The Morgan fingerprint density at radius 3 is 0.737 bits per heavy atom. The average molecular weight is 831 g/mol. The molecule has 0 rings (SSSR count). The molecule has 0 amide bonds. The maximum Gasteiger partial charge on any atom is 3.00 e. The number of rotatable bonds is 11. The summed E-state index contributed by atoms with van der Waals surface area (Å²) in [5.41, 5.74) is 0. The zero-order valence-electron chi connectivity index (χ0n) is 20.4. The van der Waals surface area contributed by atoms with Crippen molar-refractivity contribution < 1.29 is 125 Å². The van der Waals surface area contributed by atoms with Crippen molar-refractivity contribution in [2.75, 3.05) is 24.6 Å². The molecule has 0 bridgehead atoms. The molecule has 0 aliphatic heterocycles. The predicted octanol–water partition coefficient (Wildman–Crippen LogP) is 15.5. The van der Waals surface area contributed by atoms with Gasteiger partial charge in [0.2, 0.25) is 0 Å². The minimum atomic E-state index is -10.7. The Labute approximate surface area is 250 Å². The SMILES string of the molecule is C=CC[PH](CCCC)(CCCC)CCCC.F[P-](F)(F)(F)(F)F.F[P-](F)(F)(F)(F)F.F[P-](F)(F)(F)(F)F.[Eu+3]. The van der Waals surface area contributed by atoms with Crippen LogP contribution in [0.15, 0.2) is 12.7 Å². The Morgan fingerprint density at radius 2 is 0.632 bits per heavy atom. The van der Waals surface area contributed by atoms with Crippen LogP contribution in [-0.4, -0.2) is 24.6 Å². The zero-order valence-corrected chi connectivity index (χ0v) is 26.5. The number of unbranched alkanes of at least 4 members (excludes halogenated alkanes) is 3. The van der Waals surface area contributed by atoms with E-state index in [4.69, 9.17) is 0 Å². The number of hydrogen-bond acceptors (Lipinski definition) is 0. The van der Waals surface area contributed by atoms with Crippen molar-refractivity contribution in [2.45, 2.75) is 59.3 Å². The number of hydrogen-bond donors (Lipinski definition) is 0. The molecule has 0 saturated carbocycles. The van der Waals surface area contributed by atoms with E-state index in [1.807, 2.05) is 0 Å². The fourth-order valence-electron chi connectivity index (χ4n) is 2.64. The summed E-state index contributed by atoms with van der Waals surface area (Å²) in [6.45, 7) is 11.0. The van der Waals surface area contributed by atoms with Crippen LogP contribution >= 0.6 is 30.7 Å². The first kappa shape index (κ1) is 49.5. The molecule has 0 spiro atoms. The van der Waals surface area contributed by atoms with E-state index >= 15 is 0 Å². The van der Waals surface area contributed by atoms with Gasteiger partial charge in [-0.05, 0) is 0 Å². The Kier molecular flexibility index (Phi) is 17.7.